The van der Waals surface area contributed by atoms with Crippen LogP contribution in [0.25, 0.3) is 10.9 Å². The Kier molecular flexibility index (Phi) is 4.11. The third-order valence-electron chi connectivity index (χ3n) is 3.54. The van der Waals surface area contributed by atoms with Crippen LogP contribution in [0.4, 0.5) is 0 Å². The third-order valence-corrected chi connectivity index (χ3v) is 4.12. The summed E-state index contributed by atoms with van der Waals surface area (Å²) >= 11 is 12.2. The van der Waals surface area contributed by atoms with Crippen LogP contribution in [0.15, 0.2) is 54.7 Å². The monoisotopic (exact) mass is 316 g/mol. The molecule has 0 radical (unpaired) electrons. The lowest BCUT2D eigenvalue weighted by molar-refractivity contribution is 0.727. The van der Waals surface area contributed by atoms with E-state index in [9.17, 15) is 0 Å². The molecule has 106 valence electrons. The summed E-state index contributed by atoms with van der Waals surface area (Å²) in [5, 5.41) is 2.36. The standard InChI is InChI=1S/C17H14Cl2N2/c18-12-6-5-11(15(19)10-12)9-16(20)13-7-8-21-17-4-2-1-3-14(13)17/h1-8,10,16H,9,20H2. The van der Waals surface area contributed by atoms with Crippen molar-refractivity contribution in [2.24, 2.45) is 5.73 Å². The lowest BCUT2D eigenvalue weighted by atomic mass is 9.97. The SMILES string of the molecule is NC(Cc1ccc(Cl)cc1Cl)c1ccnc2ccccc12. The van der Waals surface area contributed by atoms with Crippen molar-refractivity contribution < 1.29 is 0 Å². The van der Waals surface area contributed by atoms with E-state index in [1.807, 2.05) is 42.5 Å². The fourth-order valence-electron chi connectivity index (χ4n) is 2.48. The predicted molar refractivity (Wildman–Crippen MR) is 88.8 cm³/mol. The van der Waals surface area contributed by atoms with Crippen molar-refractivity contribution in [2.75, 3.05) is 0 Å². The van der Waals surface area contributed by atoms with E-state index in [-0.39, 0.29) is 6.04 Å². The van der Waals surface area contributed by atoms with Crippen molar-refractivity contribution in [1.29, 1.82) is 0 Å². The molecule has 0 aliphatic heterocycles. The first-order chi connectivity index (χ1) is 10.1. The second kappa shape index (κ2) is 6.02. The van der Waals surface area contributed by atoms with E-state index >= 15 is 0 Å². The summed E-state index contributed by atoms with van der Waals surface area (Å²) in [5.41, 5.74) is 9.40. The van der Waals surface area contributed by atoms with Gasteiger partial charge < -0.3 is 5.73 Å². The van der Waals surface area contributed by atoms with Crippen LogP contribution in [0.3, 0.4) is 0 Å². The Hall–Kier alpha value is -1.61. The number of halogens is 2. The third kappa shape index (κ3) is 3.03. The highest BCUT2D eigenvalue weighted by Crippen LogP contribution is 2.28. The molecule has 2 N–H and O–H groups in total. The zero-order valence-corrected chi connectivity index (χ0v) is 12.8. The first kappa shape index (κ1) is 14.3. The van der Waals surface area contributed by atoms with Crippen molar-refractivity contribution in [3.63, 3.8) is 0 Å². The Morgan fingerprint density at radius 2 is 1.86 bits per heavy atom. The Labute approximate surface area is 133 Å². The van der Waals surface area contributed by atoms with E-state index in [0.717, 1.165) is 22.0 Å². The average molecular weight is 317 g/mol. The summed E-state index contributed by atoms with van der Waals surface area (Å²) in [5.74, 6) is 0. The van der Waals surface area contributed by atoms with E-state index in [1.165, 1.54) is 0 Å². The van der Waals surface area contributed by atoms with Crippen LogP contribution >= 0.6 is 23.2 Å². The molecule has 0 aliphatic rings. The van der Waals surface area contributed by atoms with Crippen LogP contribution in [0, 0.1) is 0 Å². The first-order valence-corrected chi connectivity index (χ1v) is 7.44. The fourth-order valence-corrected chi connectivity index (χ4v) is 2.96. The predicted octanol–water partition coefficient (Wildman–Crippen LogP) is 4.78. The van der Waals surface area contributed by atoms with Crippen molar-refractivity contribution in [3.05, 3.63) is 75.9 Å². The molecule has 21 heavy (non-hydrogen) atoms. The smallest absolute Gasteiger partial charge is 0.0705 e. The molecule has 4 heteroatoms. The number of hydrogen-bond acceptors (Lipinski definition) is 2. The lowest BCUT2D eigenvalue weighted by Crippen LogP contribution is -2.14. The summed E-state index contributed by atoms with van der Waals surface area (Å²) in [6.45, 7) is 0. The number of pyridine rings is 1. The van der Waals surface area contributed by atoms with Gasteiger partial charge >= 0.3 is 0 Å². The molecule has 2 nitrogen and oxygen atoms in total. The summed E-state index contributed by atoms with van der Waals surface area (Å²) < 4.78 is 0. The molecule has 0 aliphatic carbocycles. The van der Waals surface area contributed by atoms with Gasteiger partial charge in [0.1, 0.15) is 0 Å². The Bertz CT molecular complexity index is 781. The van der Waals surface area contributed by atoms with Gasteiger partial charge in [-0.05, 0) is 41.8 Å². The molecule has 0 spiro atoms. The summed E-state index contributed by atoms with van der Waals surface area (Å²) in [6.07, 6.45) is 2.45. The van der Waals surface area contributed by atoms with E-state index in [1.54, 1.807) is 12.3 Å². The van der Waals surface area contributed by atoms with E-state index in [2.05, 4.69) is 4.98 Å². The normalized spacial score (nSPS) is 12.5. The van der Waals surface area contributed by atoms with Crippen LogP contribution in [-0.4, -0.2) is 4.98 Å². The molecule has 3 aromatic rings. The van der Waals surface area contributed by atoms with Crippen LogP contribution in [0.2, 0.25) is 10.0 Å². The molecule has 1 heterocycles. The highest BCUT2D eigenvalue weighted by Gasteiger charge is 2.13. The highest BCUT2D eigenvalue weighted by atomic mass is 35.5. The highest BCUT2D eigenvalue weighted by molar-refractivity contribution is 6.35. The van der Waals surface area contributed by atoms with Gasteiger partial charge in [-0.15, -0.1) is 0 Å². The summed E-state index contributed by atoms with van der Waals surface area (Å²) in [7, 11) is 0. The number of fused-ring (bicyclic) bond motifs is 1. The minimum absolute atomic E-state index is 0.142. The number of para-hydroxylation sites is 1. The van der Waals surface area contributed by atoms with Crippen LogP contribution < -0.4 is 5.73 Å². The van der Waals surface area contributed by atoms with Crippen LogP contribution in [0.5, 0.6) is 0 Å². The van der Waals surface area contributed by atoms with Gasteiger partial charge in [-0.2, -0.15) is 0 Å². The van der Waals surface area contributed by atoms with E-state index < -0.39 is 0 Å². The fraction of sp³-hybridized carbons (Fsp3) is 0.118. The van der Waals surface area contributed by atoms with Gasteiger partial charge in [0.2, 0.25) is 0 Å². The minimum Gasteiger partial charge on any atom is -0.324 e. The number of rotatable bonds is 3. The molecule has 1 aromatic heterocycles. The van der Waals surface area contributed by atoms with Crippen molar-refractivity contribution in [2.45, 2.75) is 12.5 Å². The van der Waals surface area contributed by atoms with E-state index in [4.69, 9.17) is 28.9 Å². The summed E-state index contributed by atoms with van der Waals surface area (Å²) in [6, 6.07) is 15.3. The largest absolute Gasteiger partial charge is 0.324 e. The van der Waals surface area contributed by atoms with Gasteiger partial charge in [0.25, 0.3) is 0 Å². The molecule has 0 bridgehead atoms. The molecular weight excluding hydrogens is 303 g/mol. The summed E-state index contributed by atoms with van der Waals surface area (Å²) in [4.78, 5) is 4.36. The van der Waals surface area contributed by atoms with Crippen LogP contribution in [0.1, 0.15) is 17.2 Å². The quantitative estimate of drug-likeness (QED) is 0.755. The van der Waals surface area contributed by atoms with E-state index in [0.29, 0.717) is 16.5 Å². The zero-order valence-electron chi connectivity index (χ0n) is 11.3. The molecule has 1 atom stereocenters. The minimum atomic E-state index is -0.142. The molecule has 1 unspecified atom stereocenters. The van der Waals surface area contributed by atoms with Crippen molar-refractivity contribution in [1.82, 2.24) is 4.98 Å². The number of benzene rings is 2. The topological polar surface area (TPSA) is 38.9 Å². The zero-order chi connectivity index (χ0) is 14.8. The molecule has 3 rings (SSSR count). The Morgan fingerprint density at radius 1 is 1.05 bits per heavy atom. The van der Waals surface area contributed by atoms with Gasteiger partial charge in [0.15, 0.2) is 0 Å². The second-order valence-electron chi connectivity index (χ2n) is 4.96. The van der Waals surface area contributed by atoms with Gasteiger partial charge in [0, 0.05) is 27.7 Å². The lowest BCUT2D eigenvalue weighted by Gasteiger charge is -2.15. The Balaban J connectivity index is 1.95. The number of nitrogens with zero attached hydrogens (tertiary/aromatic N) is 1. The Morgan fingerprint density at radius 3 is 2.67 bits per heavy atom. The van der Waals surface area contributed by atoms with Gasteiger partial charge in [-0.25, -0.2) is 0 Å². The van der Waals surface area contributed by atoms with Crippen molar-refractivity contribution >= 4 is 34.1 Å². The molecular formula is C17H14Cl2N2. The molecule has 0 saturated carbocycles. The molecule has 0 amide bonds. The van der Waals surface area contributed by atoms with Crippen LogP contribution in [-0.2, 0) is 6.42 Å². The van der Waals surface area contributed by atoms with Crippen molar-refractivity contribution in [3.8, 4) is 0 Å². The number of hydrogen-bond donors (Lipinski definition) is 1. The maximum absolute atomic E-state index is 6.38. The van der Waals surface area contributed by atoms with Gasteiger partial charge in [-0.1, -0.05) is 47.5 Å². The maximum Gasteiger partial charge on any atom is 0.0705 e. The first-order valence-electron chi connectivity index (χ1n) is 6.68. The number of nitrogens with two attached hydrogens (primary N) is 1. The van der Waals surface area contributed by atoms with Gasteiger partial charge in [0.05, 0.1) is 5.52 Å². The second-order valence-corrected chi connectivity index (χ2v) is 5.81. The molecule has 0 saturated heterocycles. The maximum atomic E-state index is 6.38. The molecule has 2 aromatic carbocycles. The average Bonchev–Trinajstić information content (AvgIpc) is 2.49. The molecule has 0 fully saturated rings. The number of aromatic nitrogens is 1. The van der Waals surface area contributed by atoms with Gasteiger partial charge in [-0.3, -0.25) is 4.98 Å².